The van der Waals surface area contributed by atoms with Gasteiger partial charge in [-0.25, -0.2) is 42.4 Å². The number of rotatable bonds is 5. The number of carboxylic acid groups (broad SMARTS) is 2. The Balaban J connectivity index is 0.000000501. The molecule has 2 aromatic heterocycles. The molecular weight excluding hydrogens is 423 g/mol. The number of halogens is 3. The highest BCUT2D eigenvalue weighted by Crippen LogP contribution is 2.39. The van der Waals surface area contributed by atoms with Crippen LogP contribution in [0.2, 0.25) is 0 Å². The van der Waals surface area contributed by atoms with E-state index < -0.39 is 40.9 Å². The zero-order valence-corrected chi connectivity index (χ0v) is 15.9. The molecule has 3 aromatic rings. The van der Waals surface area contributed by atoms with Crippen molar-refractivity contribution in [1.29, 1.82) is 0 Å². The average molecular weight is 439 g/mol. The van der Waals surface area contributed by atoms with Gasteiger partial charge < -0.3 is 15.3 Å². The van der Waals surface area contributed by atoms with Gasteiger partial charge in [-0.3, -0.25) is 0 Å². The van der Waals surface area contributed by atoms with E-state index in [0.717, 1.165) is 24.7 Å². The largest absolute Gasteiger partial charge is 0.473 e. The van der Waals surface area contributed by atoms with Crippen LogP contribution >= 0.6 is 0 Å². The van der Waals surface area contributed by atoms with Crippen LogP contribution in [-0.4, -0.2) is 52.0 Å². The average Bonchev–Trinajstić information content (AvgIpc) is 3.20. The van der Waals surface area contributed by atoms with Gasteiger partial charge in [0.05, 0.1) is 18.4 Å². The van der Waals surface area contributed by atoms with Gasteiger partial charge in [-0.2, -0.15) is 5.10 Å². The minimum absolute atomic E-state index is 0.0960. The lowest BCUT2D eigenvalue weighted by molar-refractivity contribution is -0.159. The Labute approximate surface area is 172 Å². The van der Waals surface area contributed by atoms with E-state index in [-0.39, 0.29) is 17.8 Å². The molecule has 0 saturated heterocycles. The van der Waals surface area contributed by atoms with Crippen molar-refractivity contribution in [2.24, 2.45) is 0 Å². The van der Waals surface area contributed by atoms with E-state index in [1.807, 2.05) is 0 Å². The first-order valence-corrected chi connectivity index (χ1v) is 8.48. The summed E-state index contributed by atoms with van der Waals surface area (Å²) in [5.41, 5.74) is -2.25. The summed E-state index contributed by atoms with van der Waals surface area (Å²) in [5.74, 6) is -7.12. The molecule has 31 heavy (non-hydrogen) atoms. The lowest BCUT2D eigenvalue weighted by Crippen LogP contribution is -2.39. The molecule has 1 aromatic carbocycles. The summed E-state index contributed by atoms with van der Waals surface area (Å²) < 4.78 is 43.0. The lowest BCUT2D eigenvalue weighted by atomic mass is 9.79. The van der Waals surface area contributed by atoms with Crippen LogP contribution in [0.25, 0.3) is 0 Å². The molecule has 2 atom stereocenters. The zero-order chi connectivity index (χ0) is 23.2. The molecule has 164 valence electrons. The maximum Gasteiger partial charge on any atom is 0.414 e. The Morgan fingerprint density at radius 1 is 1.10 bits per heavy atom. The van der Waals surface area contributed by atoms with Crippen molar-refractivity contribution < 1.29 is 38.1 Å². The molecule has 0 unspecified atom stereocenters. The Hall–Kier alpha value is -3.87. The van der Waals surface area contributed by atoms with Crippen molar-refractivity contribution in [1.82, 2.24) is 24.7 Å². The fourth-order valence-corrected chi connectivity index (χ4v) is 2.72. The van der Waals surface area contributed by atoms with Crippen molar-refractivity contribution in [3.63, 3.8) is 0 Å². The van der Waals surface area contributed by atoms with Crippen molar-refractivity contribution in [3.8, 4) is 0 Å². The number of carbonyl (C=O) groups is 2. The SMILES string of the molecule is C[C@@H](c1ncncc1F)[C@](O)(Cn1cncn1)c1ccc(F)cc1F.O=C(O)C(=O)O. The summed E-state index contributed by atoms with van der Waals surface area (Å²) in [7, 11) is 0. The lowest BCUT2D eigenvalue weighted by Gasteiger charge is -2.34. The molecule has 0 radical (unpaired) electrons. The minimum Gasteiger partial charge on any atom is -0.473 e. The summed E-state index contributed by atoms with van der Waals surface area (Å²) in [6.07, 6.45) is 4.66. The first-order valence-electron chi connectivity index (χ1n) is 8.48. The number of benzene rings is 1. The Kier molecular flexibility index (Phi) is 7.37. The molecule has 0 saturated carbocycles. The van der Waals surface area contributed by atoms with Gasteiger partial charge in [0.2, 0.25) is 0 Å². The summed E-state index contributed by atoms with van der Waals surface area (Å²) >= 11 is 0. The smallest absolute Gasteiger partial charge is 0.414 e. The first kappa shape index (κ1) is 23.4. The summed E-state index contributed by atoms with van der Waals surface area (Å²) in [6, 6.07) is 2.80. The molecule has 0 aliphatic heterocycles. The monoisotopic (exact) mass is 439 g/mol. The molecule has 10 nitrogen and oxygen atoms in total. The van der Waals surface area contributed by atoms with Crippen molar-refractivity contribution in [2.45, 2.75) is 25.0 Å². The third-order valence-corrected chi connectivity index (χ3v) is 4.27. The molecule has 3 rings (SSSR count). The normalized spacial score (nSPS) is 13.5. The topological polar surface area (TPSA) is 151 Å². The molecular formula is C18H16F3N5O5. The van der Waals surface area contributed by atoms with Gasteiger partial charge in [0.25, 0.3) is 0 Å². The second-order valence-electron chi connectivity index (χ2n) is 6.23. The quantitative estimate of drug-likeness (QED) is 0.500. The number of aliphatic hydroxyl groups is 1. The van der Waals surface area contributed by atoms with Crippen LogP contribution in [0.5, 0.6) is 0 Å². The molecule has 0 spiro atoms. The third kappa shape index (κ3) is 5.60. The fraction of sp³-hybridized carbons (Fsp3) is 0.222. The van der Waals surface area contributed by atoms with Crippen molar-refractivity contribution >= 4 is 11.9 Å². The number of nitrogens with zero attached hydrogens (tertiary/aromatic N) is 5. The van der Waals surface area contributed by atoms with Crippen LogP contribution in [0.4, 0.5) is 13.2 Å². The van der Waals surface area contributed by atoms with Crippen molar-refractivity contribution in [2.75, 3.05) is 0 Å². The second-order valence-corrected chi connectivity index (χ2v) is 6.23. The van der Waals surface area contributed by atoms with Gasteiger partial charge in [0.1, 0.15) is 36.2 Å². The number of hydrogen-bond acceptors (Lipinski definition) is 7. The van der Waals surface area contributed by atoms with E-state index in [2.05, 4.69) is 20.1 Å². The van der Waals surface area contributed by atoms with Gasteiger partial charge in [0.15, 0.2) is 5.82 Å². The molecule has 0 amide bonds. The summed E-state index contributed by atoms with van der Waals surface area (Å²) in [6.45, 7) is 1.26. The van der Waals surface area contributed by atoms with Crippen LogP contribution in [0.3, 0.4) is 0 Å². The van der Waals surface area contributed by atoms with E-state index in [1.54, 1.807) is 0 Å². The van der Waals surface area contributed by atoms with Gasteiger partial charge >= 0.3 is 11.9 Å². The molecule has 0 fully saturated rings. The Morgan fingerprint density at radius 3 is 2.29 bits per heavy atom. The molecule has 0 bridgehead atoms. The van der Waals surface area contributed by atoms with E-state index >= 15 is 0 Å². The maximum atomic E-state index is 14.4. The van der Waals surface area contributed by atoms with Crippen LogP contribution in [-0.2, 0) is 21.7 Å². The predicted molar refractivity (Wildman–Crippen MR) is 96.0 cm³/mol. The van der Waals surface area contributed by atoms with E-state index in [1.165, 1.54) is 24.3 Å². The van der Waals surface area contributed by atoms with Gasteiger partial charge in [-0.1, -0.05) is 13.0 Å². The maximum absolute atomic E-state index is 14.4. The zero-order valence-electron chi connectivity index (χ0n) is 15.9. The van der Waals surface area contributed by atoms with E-state index in [0.29, 0.717) is 6.07 Å². The van der Waals surface area contributed by atoms with E-state index in [4.69, 9.17) is 19.8 Å². The van der Waals surface area contributed by atoms with Gasteiger partial charge in [0, 0.05) is 17.5 Å². The highest BCUT2D eigenvalue weighted by molar-refractivity contribution is 6.27. The molecule has 0 aliphatic carbocycles. The Morgan fingerprint density at radius 2 is 1.77 bits per heavy atom. The number of aromatic nitrogens is 5. The summed E-state index contributed by atoms with van der Waals surface area (Å²) in [5, 5.41) is 30.0. The standard InChI is InChI=1S/C16H14F3N5O.C2H2O4/c1-10(15-14(19)5-20-7-22-15)16(25,6-24-9-21-8-23-24)12-3-2-11(17)4-13(12)18;3-1(4)2(5)6/h2-5,7-10,25H,6H2,1H3;(H,3,4)(H,5,6)/t10-,16+;/m0./s1. The second kappa shape index (κ2) is 9.75. The van der Waals surface area contributed by atoms with Crippen LogP contribution in [0.15, 0.2) is 43.4 Å². The van der Waals surface area contributed by atoms with Crippen molar-refractivity contribution in [3.05, 3.63) is 72.1 Å². The van der Waals surface area contributed by atoms with Crippen LogP contribution in [0.1, 0.15) is 24.1 Å². The number of aliphatic carboxylic acids is 2. The highest BCUT2D eigenvalue weighted by atomic mass is 19.1. The Bertz CT molecular complexity index is 1050. The van der Waals surface area contributed by atoms with Gasteiger partial charge in [-0.05, 0) is 6.07 Å². The first-order chi connectivity index (χ1) is 14.6. The highest BCUT2D eigenvalue weighted by Gasteiger charge is 2.41. The number of hydrogen-bond donors (Lipinski definition) is 3. The predicted octanol–water partition coefficient (Wildman–Crippen LogP) is 1.33. The molecule has 2 heterocycles. The summed E-state index contributed by atoms with van der Waals surface area (Å²) in [4.78, 5) is 29.4. The van der Waals surface area contributed by atoms with Crippen LogP contribution < -0.4 is 0 Å². The fourth-order valence-electron chi connectivity index (χ4n) is 2.72. The van der Waals surface area contributed by atoms with Gasteiger partial charge in [-0.15, -0.1) is 0 Å². The van der Waals surface area contributed by atoms with E-state index in [9.17, 15) is 18.3 Å². The molecule has 3 N–H and O–H groups in total. The van der Waals surface area contributed by atoms with Crippen LogP contribution in [0, 0.1) is 17.5 Å². The number of carboxylic acids is 2. The molecule has 0 aliphatic rings. The molecule has 13 heteroatoms. The third-order valence-electron chi connectivity index (χ3n) is 4.27. The minimum atomic E-state index is -1.96.